The largest absolute Gasteiger partial charge is 0.496 e. The second-order valence-corrected chi connectivity index (χ2v) is 9.46. The van der Waals surface area contributed by atoms with Crippen molar-refractivity contribution in [1.82, 2.24) is 19.8 Å². The van der Waals surface area contributed by atoms with Crippen molar-refractivity contribution in [3.05, 3.63) is 70.8 Å². The summed E-state index contributed by atoms with van der Waals surface area (Å²) in [6.07, 6.45) is 2.24. The number of ether oxygens (including phenoxy) is 1. The summed E-state index contributed by atoms with van der Waals surface area (Å²) in [6, 6.07) is 15.3. The number of amides is 1. The minimum absolute atomic E-state index is 0.0885. The Hall–Kier alpha value is -3.37. The topological polar surface area (TPSA) is 85.8 Å². The van der Waals surface area contributed by atoms with E-state index in [0.717, 1.165) is 21.9 Å². The van der Waals surface area contributed by atoms with Crippen LogP contribution >= 0.6 is 23.1 Å². The van der Waals surface area contributed by atoms with Crippen LogP contribution in [-0.2, 0) is 11.3 Å². The maximum absolute atomic E-state index is 13.3. The number of thiophene rings is 1. The lowest BCUT2D eigenvalue weighted by atomic mass is 10.1. The smallest absolute Gasteiger partial charge is 0.253 e. The Morgan fingerprint density at radius 3 is 2.82 bits per heavy atom. The molecule has 3 aromatic heterocycles. The predicted octanol–water partition coefficient (Wildman–Crippen LogP) is 5.10. The van der Waals surface area contributed by atoms with Gasteiger partial charge in [0.25, 0.3) is 5.91 Å². The second-order valence-electron chi connectivity index (χ2n) is 7.54. The Balaban J connectivity index is 1.36. The number of nitrogens with zero attached hydrogens (tertiary/aromatic N) is 5. The number of furan rings is 1. The number of para-hydroxylation sites is 1. The van der Waals surface area contributed by atoms with Crippen LogP contribution in [0, 0.1) is 0 Å². The van der Waals surface area contributed by atoms with Gasteiger partial charge in [0.15, 0.2) is 11.0 Å². The molecule has 0 saturated heterocycles. The molecule has 5 rings (SSSR count). The first kappa shape index (κ1) is 22.4. The van der Waals surface area contributed by atoms with Crippen LogP contribution in [0.5, 0.6) is 5.75 Å². The van der Waals surface area contributed by atoms with Crippen LogP contribution in [0.1, 0.15) is 30.0 Å². The molecule has 0 fully saturated rings. The van der Waals surface area contributed by atoms with E-state index in [1.165, 1.54) is 11.8 Å². The Labute approximate surface area is 205 Å². The molecule has 1 aliphatic heterocycles. The summed E-state index contributed by atoms with van der Waals surface area (Å²) in [4.78, 5) is 14.4. The molecule has 1 unspecified atom stereocenters. The summed E-state index contributed by atoms with van der Waals surface area (Å²) in [7, 11) is 1.64. The number of rotatable bonds is 8. The molecule has 4 aromatic rings. The van der Waals surface area contributed by atoms with Gasteiger partial charge in [0.1, 0.15) is 17.2 Å². The van der Waals surface area contributed by atoms with E-state index in [-0.39, 0.29) is 17.7 Å². The van der Waals surface area contributed by atoms with E-state index in [9.17, 15) is 4.79 Å². The molecule has 1 aromatic carbocycles. The molecule has 174 valence electrons. The Bertz CT molecular complexity index is 1300. The molecular formula is C24H23N5O3S2. The summed E-state index contributed by atoms with van der Waals surface area (Å²) in [5.41, 5.74) is 1.64. The van der Waals surface area contributed by atoms with Gasteiger partial charge in [-0.3, -0.25) is 4.79 Å². The van der Waals surface area contributed by atoms with Gasteiger partial charge in [-0.25, -0.2) is 5.01 Å². The highest BCUT2D eigenvalue weighted by molar-refractivity contribution is 7.99. The van der Waals surface area contributed by atoms with E-state index in [4.69, 9.17) is 9.15 Å². The summed E-state index contributed by atoms with van der Waals surface area (Å²) in [6.45, 7) is 2.70. The number of thioether (sulfide) groups is 1. The van der Waals surface area contributed by atoms with Crippen molar-refractivity contribution in [2.24, 2.45) is 5.10 Å². The predicted molar refractivity (Wildman–Crippen MR) is 132 cm³/mol. The Kier molecular flexibility index (Phi) is 6.50. The summed E-state index contributed by atoms with van der Waals surface area (Å²) < 4.78 is 13.0. The van der Waals surface area contributed by atoms with Crippen molar-refractivity contribution >= 4 is 34.7 Å². The maximum Gasteiger partial charge on any atom is 0.253 e. The lowest BCUT2D eigenvalue weighted by molar-refractivity contribution is -0.130. The maximum atomic E-state index is 13.3. The van der Waals surface area contributed by atoms with Crippen LogP contribution in [-0.4, -0.2) is 44.3 Å². The summed E-state index contributed by atoms with van der Waals surface area (Å²) in [5, 5.41) is 17.7. The minimum atomic E-state index is -0.138. The molecule has 0 spiro atoms. The van der Waals surface area contributed by atoms with Gasteiger partial charge in [-0.05, 0) is 42.6 Å². The molecule has 1 amide bonds. The average molecular weight is 494 g/mol. The number of benzene rings is 1. The molecule has 34 heavy (non-hydrogen) atoms. The molecular weight excluding hydrogens is 470 g/mol. The monoisotopic (exact) mass is 493 g/mol. The molecule has 4 heterocycles. The quantitative estimate of drug-likeness (QED) is 0.318. The lowest BCUT2D eigenvalue weighted by Crippen LogP contribution is -2.28. The van der Waals surface area contributed by atoms with Crippen LogP contribution in [0.2, 0.25) is 0 Å². The van der Waals surface area contributed by atoms with Gasteiger partial charge in [-0.1, -0.05) is 30.0 Å². The first-order valence-corrected chi connectivity index (χ1v) is 12.7. The highest BCUT2D eigenvalue weighted by atomic mass is 32.2. The molecule has 8 nitrogen and oxygen atoms in total. The third-order valence-electron chi connectivity index (χ3n) is 5.55. The number of aromatic nitrogens is 3. The number of carbonyl (C=O) groups excluding carboxylic acids is 1. The van der Waals surface area contributed by atoms with E-state index >= 15 is 0 Å². The second kappa shape index (κ2) is 9.86. The van der Waals surface area contributed by atoms with Crippen LogP contribution in [0.15, 0.2) is 74.8 Å². The summed E-state index contributed by atoms with van der Waals surface area (Å²) >= 11 is 2.98. The highest BCUT2D eigenvalue weighted by Gasteiger charge is 2.34. The fourth-order valence-electron chi connectivity index (χ4n) is 3.94. The van der Waals surface area contributed by atoms with E-state index in [2.05, 4.69) is 15.3 Å². The van der Waals surface area contributed by atoms with Crippen molar-refractivity contribution in [3.63, 3.8) is 0 Å². The fourth-order valence-corrected chi connectivity index (χ4v) is 5.60. The van der Waals surface area contributed by atoms with Gasteiger partial charge in [0, 0.05) is 17.8 Å². The number of hydrogen-bond acceptors (Lipinski definition) is 8. The third kappa shape index (κ3) is 4.26. The molecule has 0 aliphatic carbocycles. The van der Waals surface area contributed by atoms with E-state index in [1.807, 2.05) is 65.4 Å². The number of methoxy groups -OCH3 is 1. The molecule has 0 bridgehead atoms. The molecule has 0 saturated carbocycles. The lowest BCUT2D eigenvalue weighted by Gasteiger charge is -2.20. The summed E-state index contributed by atoms with van der Waals surface area (Å²) in [5.74, 6) is 2.24. The zero-order chi connectivity index (χ0) is 23.5. The fraction of sp³-hybridized carbons (Fsp3) is 0.250. The standard InChI is InChI=1S/C24H23N5O3S2/c1-3-28-23(16-8-4-5-9-19(16)31-2)25-26-24(28)34-15-22(30)29-18(21-11-7-13-33-21)14-17(27-29)20-10-6-12-32-20/h4-13,18H,3,14-15H2,1-2H3. The van der Waals surface area contributed by atoms with Crippen LogP contribution < -0.4 is 4.74 Å². The average Bonchev–Trinajstić information content (AvgIpc) is 3.68. The van der Waals surface area contributed by atoms with Gasteiger partial charge in [-0.2, -0.15) is 5.10 Å². The van der Waals surface area contributed by atoms with Crippen molar-refractivity contribution in [3.8, 4) is 17.1 Å². The van der Waals surface area contributed by atoms with Crippen LogP contribution in [0.3, 0.4) is 0 Å². The highest BCUT2D eigenvalue weighted by Crippen LogP contribution is 2.36. The van der Waals surface area contributed by atoms with Crippen LogP contribution in [0.25, 0.3) is 11.4 Å². The zero-order valence-electron chi connectivity index (χ0n) is 18.7. The van der Waals surface area contributed by atoms with Gasteiger partial charge in [0.2, 0.25) is 0 Å². The molecule has 10 heteroatoms. The minimum Gasteiger partial charge on any atom is -0.496 e. The molecule has 1 aliphatic rings. The first-order valence-electron chi connectivity index (χ1n) is 10.9. The molecule has 1 atom stereocenters. The van der Waals surface area contributed by atoms with Crippen molar-refractivity contribution in [2.75, 3.05) is 12.9 Å². The van der Waals surface area contributed by atoms with Gasteiger partial charge < -0.3 is 13.7 Å². The van der Waals surface area contributed by atoms with Crippen molar-refractivity contribution in [1.29, 1.82) is 0 Å². The normalized spacial score (nSPS) is 15.5. The van der Waals surface area contributed by atoms with Crippen LogP contribution in [0.4, 0.5) is 0 Å². The van der Waals surface area contributed by atoms with Gasteiger partial charge in [0.05, 0.1) is 30.7 Å². The Morgan fingerprint density at radius 1 is 1.21 bits per heavy atom. The number of hydrazone groups is 1. The van der Waals surface area contributed by atoms with E-state index in [0.29, 0.717) is 29.7 Å². The molecule has 0 radical (unpaired) electrons. The van der Waals surface area contributed by atoms with E-state index in [1.54, 1.807) is 29.7 Å². The third-order valence-corrected chi connectivity index (χ3v) is 7.47. The SMILES string of the molecule is CCn1c(SCC(=O)N2N=C(c3ccco3)CC2c2cccs2)nnc1-c1ccccc1OC. The van der Waals surface area contributed by atoms with Gasteiger partial charge >= 0.3 is 0 Å². The van der Waals surface area contributed by atoms with Crippen molar-refractivity contribution in [2.45, 2.75) is 31.1 Å². The number of carbonyl (C=O) groups is 1. The van der Waals surface area contributed by atoms with E-state index < -0.39 is 0 Å². The molecule has 0 N–H and O–H groups in total. The van der Waals surface area contributed by atoms with Crippen molar-refractivity contribution < 1.29 is 13.9 Å². The zero-order valence-corrected chi connectivity index (χ0v) is 20.4. The first-order chi connectivity index (χ1) is 16.7. The van der Waals surface area contributed by atoms with Gasteiger partial charge in [-0.15, -0.1) is 21.5 Å². The number of hydrogen-bond donors (Lipinski definition) is 0. The Morgan fingerprint density at radius 2 is 2.09 bits per heavy atom.